The van der Waals surface area contributed by atoms with Crippen molar-refractivity contribution in [1.82, 2.24) is 4.98 Å². The molecule has 1 saturated heterocycles. The van der Waals surface area contributed by atoms with Crippen molar-refractivity contribution >= 4 is 10.1 Å². The fourth-order valence-corrected chi connectivity index (χ4v) is 3.27. The van der Waals surface area contributed by atoms with Gasteiger partial charge in [-0.25, -0.2) is 0 Å². The summed E-state index contributed by atoms with van der Waals surface area (Å²) in [6.45, 7) is 1.77. The first-order valence-electron chi connectivity index (χ1n) is 7.51. The van der Waals surface area contributed by atoms with Crippen molar-refractivity contribution in [3.05, 3.63) is 36.4 Å². The second kappa shape index (κ2) is 6.95. The number of furan rings is 1. The average molecular weight is 387 g/mol. The molecule has 0 amide bonds. The van der Waals surface area contributed by atoms with Crippen LogP contribution in [0.25, 0.3) is 11.3 Å². The summed E-state index contributed by atoms with van der Waals surface area (Å²) in [5, 5.41) is 29.4. The average Bonchev–Trinajstić information content (AvgIpc) is 3.01. The van der Waals surface area contributed by atoms with Gasteiger partial charge in [-0.1, -0.05) is 0 Å². The van der Waals surface area contributed by atoms with Gasteiger partial charge in [-0.2, -0.15) is 8.42 Å². The lowest BCUT2D eigenvalue weighted by atomic mass is 10.1. The Kier molecular flexibility index (Phi) is 5.01. The van der Waals surface area contributed by atoms with Crippen LogP contribution < -0.4 is 4.74 Å². The van der Waals surface area contributed by atoms with Crippen molar-refractivity contribution in [3.63, 3.8) is 0 Å². The number of hydrogen-bond donors (Lipinski definition) is 4. The molecule has 5 atom stereocenters. The van der Waals surface area contributed by atoms with Crippen LogP contribution in [0.15, 0.2) is 35.0 Å². The van der Waals surface area contributed by atoms with Crippen molar-refractivity contribution in [2.75, 3.05) is 0 Å². The Bertz CT molecular complexity index is 881. The van der Waals surface area contributed by atoms with Crippen LogP contribution in [0, 0.1) is 6.92 Å². The number of nitrogens with zero attached hydrogens (tertiary/aromatic N) is 1. The van der Waals surface area contributed by atoms with E-state index in [0.29, 0.717) is 17.1 Å². The van der Waals surface area contributed by atoms with Gasteiger partial charge in [0.05, 0.1) is 6.20 Å². The molecule has 142 valence electrons. The standard InChI is InChI=1S/C15H17NO9S/c1-7-2-3-10(23-7)8-4-9(6-16-5-8)24-14-12(18)11(17)13(19)15(25-14)26(20,21)22/h2-6,11-15,17-19H,1H3,(H,20,21,22)/t11-,12-,13+,14-,15?/m1/s1. The van der Waals surface area contributed by atoms with Crippen LogP contribution in [0.5, 0.6) is 5.75 Å². The molecule has 3 heterocycles. The van der Waals surface area contributed by atoms with Gasteiger partial charge in [-0.05, 0) is 25.1 Å². The highest BCUT2D eigenvalue weighted by atomic mass is 32.2. The van der Waals surface area contributed by atoms with Crippen LogP contribution in [0.1, 0.15) is 5.76 Å². The fraction of sp³-hybridized carbons (Fsp3) is 0.400. The third kappa shape index (κ3) is 3.72. The summed E-state index contributed by atoms with van der Waals surface area (Å²) in [5.41, 5.74) is -1.62. The van der Waals surface area contributed by atoms with Gasteiger partial charge < -0.3 is 29.2 Å². The highest BCUT2D eigenvalue weighted by Crippen LogP contribution is 2.29. The van der Waals surface area contributed by atoms with Crippen LogP contribution in [-0.2, 0) is 14.9 Å². The molecule has 1 aliphatic heterocycles. The van der Waals surface area contributed by atoms with Crippen LogP contribution in [0.3, 0.4) is 0 Å². The van der Waals surface area contributed by atoms with E-state index in [1.807, 2.05) is 0 Å². The maximum absolute atomic E-state index is 11.3. The second-order valence-electron chi connectivity index (χ2n) is 5.80. The van der Waals surface area contributed by atoms with Crippen molar-refractivity contribution < 1.29 is 42.2 Å². The van der Waals surface area contributed by atoms with Gasteiger partial charge in [0.15, 0.2) is 0 Å². The van der Waals surface area contributed by atoms with Crippen LogP contribution in [0.4, 0.5) is 0 Å². The van der Waals surface area contributed by atoms with Crippen molar-refractivity contribution in [1.29, 1.82) is 0 Å². The van der Waals surface area contributed by atoms with Crippen LogP contribution in [0.2, 0.25) is 0 Å². The highest BCUT2D eigenvalue weighted by molar-refractivity contribution is 7.86. The van der Waals surface area contributed by atoms with Gasteiger partial charge in [0, 0.05) is 11.8 Å². The summed E-state index contributed by atoms with van der Waals surface area (Å²) in [7, 11) is -4.86. The number of pyridine rings is 1. The van der Waals surface area contributed by atoms with E-state index in [-0.39, 0.29) is 5.75 Å². The molecule has 0 saturated carbocycles. The molecule has 3 rings (SSSR count). The highest BCUT2D eigenvalue weighted by Gasteiger charge is 2.50. The smallest absolute Gasteiger partial charge is 0.295 e. The minimum Gasteiger partial charge on any atom is -0.461 e. The third-order valence-electron chi connectivity index (χ3n) is 3.81. The van der Waals surface area contributed by atoms with Crippen LogP contribution >= 0.6 is 0 Å². The number of rotatable bonds is 4. The first kappa shape index (κ1) is 18.8. The zero-order chi connectivity index (χ0) is 19.1. The Labute approximate surface area is 148 Å². The molecule has 0 aromatic carbocycles. The molecular formula is C15H17NO9S. The normalized spacial score (nSPS) is 29.5. The number of aliphatic hydroxyl groups is 3. The summed E-state index contributed by atoms with van der Waals surface area (Å²) in [5.74, 6) is 1.28. The molecule has 1 unspecified atom stereocenters. The molecular weight excluding hydrogens is 370 g/mol. The first-order chi connectivity index (χ1) is 12.2. The molecule has 1 aliphatic rings. The minimum atomic E-state index is -4.86. The predicted octanol–water partition coefficient (Wildman–Crippen LogP) is -0.318. The van der Waals surface area contributed by atoms with E-state index in [2.05, 4.69) is 4.98 Å². The largest absolute Gasteiger partial charge is 0.461 e. The number of aromatic nitrogens is 1. The Hall–Kier alpha value is -2.02. The van der Waals surface area contributed by atoms with Crippen LogP contribution in [-0.4, -0.2) is 63.3 Å². The molecule has 0 radical (unpaired) electrons. The molecule has 26 heavy (non-hydrogen) atoms. The third-order valence-corrected chi connectivity index (χ3v) is 4.79. The SMILES string of the molecule is Cc1ccc(-c2cncc(O[C@@H]3OC(S(=O)(=O)O)[C@@H](O)[C@H](O)[C@H]3O)c2)o1. The molecule has 10 nitrogen and oxygen atoms in total. The number of hydrogen-bond acceptors (Lipinski definition) is 9. The lowest BCUT2D eigenvalue weighted by Crippen LogP contribution is -2.61. The van der Waals surface area contributed by atoms with Gasteiger partial charge in [0.2, 0.25) is 11.7 Å². The van der Waals surface area contributed by atoms with E-state index in [4.69, 9.17) is 18.4 Å². The lowest BCUT2D eigenvalue weighted by Gasteiger charge is -2.38. The Balaban J connectivity index is 1.83. The van der Waals surface area contributed by atoms with E-state index >= 15 is 0 Å². The second-order valence-corrected chi connectivity index (χ2v) is 7.29. The van der Waals surface area contributed by atoms with Crippen molar-refractivity contribution in [2.24, 2.45) is 0 Å². The molecule has 11 heteroatoms. The van der Waals surface area contributed by atoms with E-state index in [1.54, 1.807) is 19.1 Å². The van der Waals surface area contributed by atoms with E-state index in [9.17, 15) is 23.7 Å². The van der Waals surface area contributed by atoms with E-state index in [0.717, 1.165) is 0 Å². The summed E-state index contributed by atoms with van der Waals surface area (Å²) in [6, 6.07) is 4.98. The maximum atomic E-state index is 11.3. The van der Waals surface area contributed by atoms with Gasteiger partial charge in [-0.3, -0.25) is 9.54 Å². The molecule has 0 bridgehead atoms. The molecule has 0 spiro atoms. The summed E-state index contributed by atoms with van der Waals surface area (Å²) < 4.78 is 47.4. The van der Waals surface area contributed by atoms with Gasteiger partial charge in [0.25, 0.3) is 10.1 Å². The zero-order valence-electron chi connectivity index (χ0n) is 13.5. The fourth-order valence-electron chi connectivity index (χ4n) is 2.50. The summed E-state index contributed by atoms with van der Waals surface area (Å²) in [6.07, 6.45) is -4.62. The Morgan fingerprint density at radius 3 is 2.46 bits per heavy atom. The van der Waals surface area contributed by atoms with E-state index < -0.39 is 40.2 Å². The monoisotopic (exact) mass is 387 g/mol. The molecule has 1 fully saturated rings. The Morgan fingerprint density at radius 2 is 1.85 bits per heavy atom. The predicted molar refractivity (Wildman–Crippen MR) is 85.5 cm³/mol. The number of aliphatic hydroxyl groups excluding tert-OH is 3. The number of aryl methyl sites for hydroxylation is 1. The van der Waals surface area contributed by atoms with Crippen molar-refractivity contribution in [2.45, 2.75) is 37.0 Å². The minimum absolute atomic E-state index is 0.0817. The molecule has 0 aliphatic carbocycles. The summed E-state index contributed by atoms with van der Waals surface area (Å²) in [4.78, 5) is 3.96. The Morgan fingerprint density at radius 1 is 1.12 bits per heavy atom. The topological polar surface area (TPSA) is 160 Å². The summed E-state index contributed by atoms with van der Waals surface area (Å²) >= 11 is 0. The van der Waals surface area contributed by atoms with Gasteiger partial charge >= 0.3 is 0 Å². The first-order valence-corrected chi connectivity index (χ1v) is 9.01. The molecule has 2 aromatic rings. The lowest BCUT2D eigenvalue weighted by molar-refractivity contribution is -0.254. The molecule has 2 aromatic heterocycles. The quantitative estimate of drug-likeness (QED) is 0.512. The molecule has 4 N–H and O–H groups in total. The maximum Gasteiger partial charge on any atom is 0.295 e. The van der Waals surface area contributed by atoms with Gasteiger partial charge in [-0.15, -0.1) is 0 Å². The van der Waals surface area contributed by atoms with Gasteiger partial charge in [0.1, 0.15) is 35.6 Å². The van der Waals surface area contributed by atoms with E-state index in [1.165, 1.54) is 18.5 Å². The zero-order valence-corrected chi connectivity index (χ0v) is 14.3. The van der Waals surface area contributed by atoms with Crippen molar-refractivity contribution in [3.8, 4) is 17.1 Å². The number of ether oxygens (including phenoxy) is 2.